The minimum absolute atomic E-state index is 0.410. The summed E-state index contributed by atoms with van der Waals surface area (Å²) in [5.41, 5.74) is 2.70. The van der Waals surface area contributed by atoms with Gasteiger partial charge in [-0.25, -0.2) is 0 Å². The molecule has 1 aliphatic rings. The van der Waals surface area contributed by atoms with Crippen molar-refractivity contribution in [1.29, 1.82) is 0 Å². The number of hydrogen-bond donors (Lipinski definition) is 0. The lowest BCUT2D eigenvalue weighted by Crippen LogP contribution is -2.17. The van der Waals surface area contributed by atoms with Gasteiger partial charge >= 0.3 is 0 Å². The largest absolute Gasteiger partial charge is 0.295 e. The van der Waals surface area contributed by atoms with E-state index >= 15 is 0 Å². The van der Waals surface area contributed by atoms with Crippen LogP contribution < -0.4 is 0 Å². The molecule has 1 aromatic carbocycles. The van der Waals surface area contributed by atoms with Crippen molar-refractivity contribution < 1.29 is 4.84 Å². The number of hydrogen-bond acceptors (Lipinski definition) is 2. The lowest BCUT2D eigenvalue weighted by Gasteiger charge is -2.17. The van der Waals surface area contributed by atoms with Crippen LogP contribution in [0.4, 0.5) is 0 Å². The number of rotatable bonds is 5. The highest BCUT2D eigenvalue weighted by atomic mass is 16.7. The van der Waals surface area contributed by atoms with Gasteiger partial charge in [-0.2, -0.15) is 5.06 Å². The first-order valence-corrected chi connectivity index (χ1v) is 7.17. The van der Waals surface area contributed by atoms with Crippen LogP contribution in [0.25, 0.3) is 0 Å². The zero-order valence-corrected chi connectivity index (χ0v) is 11.9. The summed E-state index contributed by atoms with van der Waals surface area (Å²) in [6.45, 7) is 4.38. The van der Waals surface area contributed by atoms with Crippen molar-refractivity contribution in [3.8, 4) is 0 Å². The average Bonchev–Trinajstić information content (AvgIpc) is 2.72. The maximum atomic E-state index is 5.94. The van der Waals surface area contributed by atoms with Gasteiger partial charge in [0.2, 0.25) is 0 Å². The summed E-state index contributed by atoms with van der Waals surface area (Å²) in [4.78, 5) is 5.94. The zero-order valence-electron chi connectivity index (χ0n) is 11.9. The third-order valence-electron chi connectivity index (χ3n) is 3.83. The second-order valence-corrected chi connectivity index (χ2v) is 5.43. The van der Waals surface area contributed by atoms with E-state index in [0.717, 1.165) is 6.42 Å². The van der Waals surface area contributed by atoms with Gasteiger partial charge in [0, 0.05) is 7.05 Å². The highest BCUT2D eigenvalue weighted by Gasteiger charge is 2.31. The van der Waals surface area contributed by atoms with Crippen LogP contribution in [0.1, 0.15) is 56.2 Å². The Balaban J connectivity index is 1.92. The molecule has 1 aliphatic heterocycles. The monoisotopic (exact) mass is 247 g/mol. The second-order valence-electron chi connectivity index (χ2n) is 5.43. The molecule has 18 heavy (non-hydrogen) atoms. The molecule has 2 heteroatoms. The van der Waals surface area contributed by atoms with Crippen LogP contribution in [-0.2, 0) is 4.84 Å². The van der Waals surface area contributed by atoms with Crippen LogP contribution in [0.5, 0.6) is 0 Å². The minimum Gasteiger partial charge on any atom is -0.295 e. The molecule has 0 amide bonds. The van der Waals surface area contributed by atoms with Gasteiger partial charge in [-0.1, -0.05) is 56.0 Å². The number of nitrogens with zero attached hydrogens (tertiary/aromatic N) is 1. The molecule has 0 N–H and O–H groups in total. The summed E-state index contributed by atoms with van der Waals surface area (Å²) in [5.74, 6) is 0. The summed E-state index contributed by atoms with van der Waals surface area (Å²) in [6, 6.07) is 9.27. The maximum absolute atomic E-state index is 5.94. The Hall–Kier alpha value is -0.860. The van der Waals surface area contributed by atoms with Crippen LogP contribution in [-0.4, -0.2) is 18.2 Å². The SMILES string of the molecule is CCCCCC1CC(c2ccc(C)cc2)N(C)O1. The number of benzene rings is 1. The molecular formula is C16H25NO. The summed E-state index contributed by atoms with van der Waals surface area (Å²) in [7, 11) is 2.06. The Bertz CT molecular complexity index is 360. The standard InChI is InChI=1S/C16H25NO/c1-4-5-6-7-15-12-16(17(3)18-15)14-10-8-13(2)9-11-14/h8-11,15-16H,4-7,12H2,1-3H3. The van der Waals surface area contributed by atoms with E-state index in [0.29, 0.717) is 12.1 Å². The molecule has 1 saturated heterocycles. The fourth-order valence-electron chi connectivity index (χ4n) is 2.68. The molecule has 0 spiro atoms. The van der Waals surface area contributed by atoms with E-state index in [4.69, 9.17) is 4.84 Å². The normalized spacial score (nSPS) is 24.6. The molecule has 0 aromatic heterocycles. The van der Waals surface area contributed by atoms with Gasteiger partial charge in [-0.15, -0.1) is 0 Å². The lowest BCUT2D eigenvalue weighted by molar-refractivity contribution is -0.145. The Labute approximate surface area is 111 Å². The van der Waals surface area contributed by atoms with E-state index in [1.54, 1.807) is 0 Å². The zero-order chi connectivity index (χ0) is 13.0. The van der Waals surface area contributed by atoms with Crippen molar-refractivity contribution in [3.63, 3.8) is 0 Å². The van der Waals surface area contributed by atoms with Gasteiger partial charge in [0.25, 0.3) is 0 Å². The Morgan fingerprint density at radius 1 is 1.22 bits per heavy atom. The topological polar surface area (TPSA) is 12.5 Å². The van der Waals surface area contributed by atoms with Crippen LogP contribution in [0.2, 0.25) is 0 Å². The van der Waals surface area contributed by atoms with Crippen molar-refractivity contribution >= 4 is 0 Å². The van der Waals surface area contributed by atoms with Gasteiger partial charge in [0.1, 0.15) is 0 Å². The summed E-state index contributed by atoms with van der Waals surface area (Å²) < 4.78 is 0. The maximum Gasteiger partial charge on any atom is 0.0812 e. The molecule has 2 atom stereocenters. The molecule has 0 aliphatic carbocycles. The fraction of sp³-hybridized carbons (Fsp3) is 0.625. The molecule has 2 nitrogen and oxygen atoms in total. The van der Waals surface area contributed by atoms with Crippen LogP contribution in [0.15, 0.2) is 24.3 Å². The summed E-state index contributed by atoms with van der Waals surface area (Å²) in [5, 5.41) is 2.04. The predicted molar refractivity (Wildman–Crippen MR) is 75.3 cm³/mol. The number of hydroxylamine groups is 2. The third kappa shape index (κ3) is 3.33. The van der Waals surface area contributed by atoms with Gasteiger partial charge in [-0.05, 0) is 25.3 Å². The van der Waals surface area contributed by atoms with E-state index in [9.17, 15) is 0 Å². The molecule has 1 aromatic rings. The van der Waals surface area contributed by atoms with E-state index in [1.165, 1.54) is 36.8 Å². The molecule has 100 valence electrons. The summed E-state index contributed by atoms with van der Waals surface area (Å²) >= 11 is 0. The number of aryl methyl sites for hydroxylation is 1. The van der Waals surface area contributed by atoms with Gasteiger partial charge in [-0.3, -0.25) is 4.84 Å². The molecule has 1 heterocycles. The molecule has 0 bridgehead atoms. The Morgan fingerprint density at radius 3 is 2.61 bits per heavy atom. The van der Waals surface area contributed by atoms with E-state index in [2.05, 4.69) is 45.2 Å². The molecular weight excluding hydrogens is 222 g/mol. The highest BCUT2D eigenvalue weighted by Crippen LogP contribution is 2.34. The van der Waals surface area contributed by atoms with Crippen LogP contribution >= 0.6 is 0 Å². The van der Waals surface area contributed by atoms with Crippen molar-refractivity contribution in [1.82, 2.24) is 5.06 Å². The van der Waals surface area contributed by atoms with Crippen molar-refractivity contribution in [3.05, 3.63) is 35.4 Å². The lowest BCUT2D eigenvalue weighted by atomic mass is 9.98. The summed E-state index contributed by atoms with van der Waals surface area (Å²) in [6.07, 6.45) is 6.62. The smallest absolute Gasteiger partial charge is 0.0812 e. The first-order chi connectivity index (χ1) is 8.70. The highest BCUT2D eigenvalue weighted by molar-refractivity contribution is 5.24. The minimum atomic E-state index is 0.410. The van der Waals surface area contributed by atoms with Gasteiger partial charge < -0.3 is 0 Å². The number of unbranched alkanes of at least 4 members (excludes halogenated alkanes) is 2. The second kappa shape index (κ2) is 6.35. The molecule has 2 rings (SSSR count). The Kier molecular flexibility index (Phi) is 4.79. The molecule has 0 radical (unpaired) electrons. The van der Waals surface area contributed by atoms with Crippen molar-refractivity contribution in [2.45, 2.75) is 58.1 Å². The first kappa shape index (κ1) is 13.6. The molecule has 0 saturated carbocycles. The molecule has 2 unspecified atom stereocenters. The predicted octanol–water partition coefficient (Wildman–Crippen LogP) is 4.25. The van der Waals surface area contributed by atoms with E-state index in [1.807, 2.05) is 5.06 Å². The van der Waals surface area contributed by atoms with Crippen molar-refractivity contribution in [2.75, 3.05) is 7.05 Å². The van der Waals surface area contributed by atoms with Gasteiger partial charge in [0.05, 0.1) is 12.1 Å². The van der Waals surface area contributed by atoms with Crippen molar-refractivity contribution in [2.24, 2.45) is 0 Å². The van der Waals surface area contributed by atoms with E-state index < -0.39 is 0 Å². The van der Waals surface area contributed by atoms with Crippen LogP contribution in [0.3, 0.4) is 0 Å². The van der Waals surface area contributed by atoms with E-state index in [-0.39, 0.29) is 0 Å². The average molecular weight is 247 g/mol. The molecule has 1 fully saturated rings. The quantitative estimate of drug-likeness (QED) is 0.721. The Morgan fingerprint density at radius 2 is 1.94 bits per heavy atom. The first-order valence-electron chi connectivity index (χ1n) is 7.17. The van der Waals surface area contributed by atoms with Gasteiger partial charge in [0.15, 0.2) is 0 Å². The third-order valence-corrected chi connectivity index (χ3v) is 3.83. The van der Waals surface area contributed by atoms with Crippen LogP contribution in [0, 0.1) is 6.92 Å². The fourth-order valence-corrected chi connectivity index (χ4v) is 2.68.